The van der Waals surface area contributed by atoms with Crippen molar-refractivity contribution in [2.24, 2.45) is 5.73 Å². The van der Waals surface area contributed by atoms with Gasteiger partial charge in [-0.3, -0.25) is 19.2 Å². The van der Waals surface area contributed by atoms with Gasteiger partial charge in [0.15, 0.2) is 11.5 Å². The minimum Gasteiger partial charge on any atom is -0.493 e. The third kappa shape index (κ3) is 8.89. The summed E-state index contributed by atoms with van der Waals surface area (Å²) in [5.41, 5.74) is 7.47. The fourth-order valence-electron chi connectivity index (χ4n) is 4.19. The van der Waals surface area contributed by atoms with E-state index < -0.39 is 17.7 Å². The molecule has 0 saturated carbocycles. The van der Waals surface area contributed by atoms with Gasteiger partial charge in [-0.1, -0.05) is 18.2 Å². The summed E-state index contributed by atoms with van der Waals surface area (Å²) in [6.45, 7) is 0. The average molecular weight is 641 g/mol. The molecule has 236 valence electrons. The van der Waals surface area contributed by atoms with Crippen LogP contribution in [0.25, 0.3) is 6.08 Å². The Hall–Kier alpha value is -5.75. The number of methoxy groups -OCH3 is 3. The molecule has 0 bridgehead atoms. The van der Waals surface area contributed by atoms with E-state index in [0.717, 1.165) is 4.90 Å². The predicted octanol–water partition coefficient (Wildman–Crippen LogP) is 4.95. The van der Waals surface area contributed by atoms with Crippen molar-refractivity contribution in [2.45, 2.75) is 4.90 Å². The SMILES string of the molecule is COc1cc(/C=C(\NC(=O)c2ccccc2)C(=O)Nc2ccc(SCC(=O)Nc3ccc(C(N)=O)cc3)cc2)cc(OC)c1OC. The van der Waals surface area contributed by atoms with Gasteiger partial charge in [-0.2, -0.15) is 0 Å². The van der Waals surface area contributed by atoms with E-state index in [1.165, 1.54) is 51.3 Å². The zero-order chi connectivity index (χ0) is 33.1. The number of primary amides is 1. The monoisotopic (exact) mass is 640 g/mol. The van der Waals surface area contributed by atoms with Crippen molar-refractivity contribution >= 4 is 52.8 Å². The topological polar surface area (TPSA) is 158 Å². The van der Waals surface area contributed by atoms with Crippen LogP contribution in [-0.2, 0) is 9.59 Å². The molecule has 46 heavy (non-hydrogen) atoms. The van der Waals surface area contributed by atoms with Crippen molar-refractivity contribution in [1.29, 1.82) is 0 Å². The smallest absolute Gasteiger partial charge is 0.272 e. The van der Waals surface area contributed by atoms with Gasteiger partial charge in [0.05, 0.1) is 27.1 Å². The molecule has 0 unspecified atom stereocenters. The highest BCUT2D eigenvalue weighted by Crippen LogP contribution is 2.38. The molecule has 5 N–H and O–H groups in total. The molecular formula is C34H32N4O7S. The summed E-state index contributed by atoms with van der Waals surface area (Å²) in [7, 11) is 4.45. The van der Waals surface area contributed by atoms with Crippen molar-refractivity contribution in [1.82, 2.24) is 5.32 Å². The summed E-state index contributed by atoms with van der Waals surface area (Å²) < 4.78 is 16.2. The molecule has 11 nitrogen and oxygen atoms in total. The number of amides is 4. The van der Waals surface area contributed by atoms with E-state index in [4.69, 9.17) is 19.9 Å². The largest absolute Gasteiger partial charge is 0.493 e. The number of carbonyl (C=O) groups excluding carboxylic acids is 4. The van der Waals surface area contributed by atoms with Crippen LogP contribution < -0.4 is 35.9 Å². The Kier molecular flexibility index (Phi) is 11.4. The number of hydrogen-bond acceptors (Lipinski definition) is 8. The van der Waals surface area contributed by atoms with Gasteiger partial charge in [-0.05, 0) is 84.4 Å². The Morgan fingerprint density at radius 1 is 0.739 bits per heavy atom. The highest BCUT2D eigenvalue weighted by atomic mass is 32.2. The third-order valence-electron chi connectivity index (χ3n) is 6.46. The number of anilines is 2. The molecule has 0 aliphatic heterocycles. The molecule has 4 aromatic carbocycles. The van der Waals surface area contributed by atoms with Gasteiger partial charge in [0.25, 0.3) is 11.8 Å². The zero-order valence-corrected chi connectivity index (χ0v) is 26.1. The number of carbonyl (C=O) groups is 4. The van der Waals surface area contributed by atoms with Crippen LogP contribution in [-0.4, -0.2) is 50.7 Å². The molecule has 0 radical (unpaired) electrons. The highest BCUT2D eigenvalue weighted by molar-refractivity contribution is 8.00. The highest BCUT2D eigenvalue weighted by Gasteiger charge is 2.18. The molecule has 0 aliphatic rings. The molecule has 4 amide bonds. The number of rotatable bonds is 13. The maximum absolute atomic E-state index is 13.5. The number of thioether (sulfide) groups is 1. The first-order chi connectivity index (χ1) is 22.2. The molecule has 0 aromatic heterocycles. The van der Waals surface area contributed by atoms with Crippen LogP contribution in [0.4, 0.5) is 11.4 Å². The van der Waals surface area contributed by atoms with Gasteiger partial charge in [-0.15, -0.1) is 11.8 Å². The molecule has 0 aliphatic carbocycles. The van der Waals surface area contributed by atoms with E-state index in [-0.39, 0.29) is 17.4 Å². The second-order valence-corrected chi connectivity index (χ2v) is 10.6. The predicted molar refractivity (Wildman–Crippen MR) is 177 cm³/mol. The lowest BCUT2D eigenvalue weighted by Crippen LogP contribution is -2.30. The Morgan fingerprint density at radius 3 is 1.89 bits per heavy atom. The maximum atomic E-state index is 13.5. The molecule has 0 heterocycles. The molecule has 0 atom stereocenters. The van der Waals surface area contributed by atoms with Crippen LogP contribution >= 0.6 is 11.8 Å². The molecule has 0 fully saturated rings. The minimum atomic E-state index is -0.569. The van der Waals surface area contributed by atoms with Crippen LogP contribution in [0.2, 0.25) is 0 Å². The van der Waals surface area contributed by atoms with Gasteiger partial charge >= 0.3 is 0 Å². The molecule has 0 spiro atoms. The van der Waals surface area contributed by atoms with Crippen molar-refractivity contribution in [2.75, 3.05) is 37.7 Å². The number of ether oxygens (including phenoxy) is 3. The maximum Gasteiger partial charge on any atom is 0.272 e. The standard InChI is InChI=1S/C34H32N4O7S/c1-43-28-18-21(19-29(44-2)31(28)45-3)17-27(38-33(41)23-7-5-4-6-8-23)34(42)37-25-13-15-26(16-14-25)46-20-30(39)36-24-11-9-22(10-12-24)32(35)40/h4-19H,20H2,1-3H3,(H2,35,40)(H,36,39)(H,37,42)(H,38,41)/b27-17-. The normalized spacial score (nSPS) is 10.8. The molecule has 4 rings (SSSR count). The zero-order valence-electron chi connectivity index (χ0n) is 25.3. The van der Waals surface area contributed by atoms with Gasteiger partial charge in [0.1, 0.15) is 5.70 Å². The van der Waals surface area contributed by atoms with E-state index in [1.54, 1.807) is 78.9 Å². The van der Waals surface area contributed by atoms with E-state index in [1.807, 2.05) is 0 Å². The summed E-state index contributed by atoms with van der Waals surface area (Å²) in [4.78, 5) is 50.9. The van der Waals surface area contributed by atoms with Crippen molar-refractivity contribution in [3.8, 4) is 17.2 Å². The molecule has 0 saturated heterocycles. The van der Waals surface area contributed by atoms with E-state index in [9.17, 15) is 19.2 Å². The number of benzene rings is 4. The van der Waals surface area contributed by atoms with E-state index >= 15 is 0 Å². The second-order valence-electron chi connectivity index (χ2n) is 9.59. The van der Waals surface area contributed by atoms with Crippen molar-refractivity contribution < 1.29 is 33.4 Å². The quantitative estimate of drug-likeness (QED) is 0.118. The van der Waals surface area contributed by atoms with Crippen molar-refractivity contribution in [3.63, 3.8) is 0 Å². The Balaban J connectivity index is 1.47. The summed E-state index contributed by atoms with van der Waals surface area (Å²) >= 11 is 1.31. The van der Waals surface area contributed by atoms with Gasteiger partial charge in [0.2, 0.25) is 17.6 Å². The molecular weight excluding hydrogens is 608 g/mol. The number of hydrogen-bond donors (Lipinski definition) is 4. The molecule has 4 aromatic rings. The Morgan fingerprint density at radius 2 is 1.33 bits per heavy atom. The first-order valence-electron chi connectivity index (χ1n) is 13.8. The lowest BCUT2D eigenvalue weighted by molar-refractivity contribution is -0.114. The number of nitrogens with one attached hydrogen (secondary N) is 3. The minimum absolute atomic E-state index is 0.0258. The van der Waals surface area contributed by atoms with Crippen molar-refractivity contribution in [3.05, 3.63) is 113 Å². The lowest BCUT2D eigenvalue weighted by atomic mass is 10.1. The Labute approximate surface area is 270 Å². The number of nitrogens with two attached hydrogens (primary N) is 1. The fourth-order valence-corrected chi connectivity index (χ4v) is 4.89. The third-order valence-corrected chi connectivity index (χ3v) is 7.47. The fraction of sp³-hybridized carbons (Fsp3) is 0.118. The Bertz CT molecular complexity index is 1720. The van der Waals surface area contributed by atoms with Crippen LogP contribution in [0, 0.1) is 0 Å². The van der Waals surface area contributed by atoms with Crippen LogP contribution in [0.1, 0.15) is 26.3 Å². The van der Waals surface area contributed by atoms with Crippen LogP contribution in [0.3, 0.4) is 0 Å². The summed E-state index contributed by atoms with van der Waals surface area (Å²) in [6, 6.07) is 25.0. The van der Waals surface area contributed by atoms with Crippen LogP contribution in [0.5, 0.6) is 17.2 Å². The second kappa shape index (κ2) is 15.8. The van der Waals surface area contributed by atoms with Crippen LogP contribution in [0.15, 0.2) is 102 Å². The summed E-state index contributed by atoms with van der Waals surface area (Å²) in [6.07, 6.45) is 1.50. The van der Waals surface area contributed by atoms with E-state index in [0.29, 0.717) is 45.3 Å². The first kappa shape index (κ1) is 33.1. The first-order valence-corrected chi connectivity index (χ1v) is 14.8. The average Bonchev–Trinajstić information content (AvgIpc) is 3.07. The summed E-state index contributed by atoms with van der Waals surface area (Å²) in [5.74, 6) is -0.536. The van der Waals surface area contributed by atoms with E-state index in [2.05, 4.69) is 16.0 Å². The summed E-state index contributed by atoms with van der Waals surface area (Å²) in [5, 5.41) is 8.27. The van der Waals surface area contributed by atoms with Gasteiger partial charge in [-0.25, -0.2) is 0 Å². The molecule has 12 heteroatoms. The lowest BCUT2D eigenvalue weighted by Gasteiger charge is -2.15. The van der Waals surface area contributed by atoms with Gasteiger partial charge < -0.3 is 35.9 Å². The van der Waals surface area contributed by atoms with Gasteiger partial charge in [0, 0.05) is 27.4 Å².